The van der Waals surface area contributed by atoms with Crippen LogP contribution in [0.15, 0.2) is 30.3 Å². The zero-order chi connectivity index (χ0) is 15.0. The molecular weight excluding hydrogens is 268 g/mol. The van der Waals surface area contributed by atoms with Crippen LogP contribution >= 0.6 is 0 Å². The summed E-state index contributed by atoms with van der Waals surface area (Å²) in [6.07, 6.45) is 0. The lowest BCUT2D eigenvalue weighted by Gasteiger charge is -2.00. The fraction of sp³-hybridized carbons (Fsp3) is 0.188. The fourth-order valence-corrected chi connectivity index (χ4v) is 2.53. The van der Waals surface area contributed by atoms with Gasteiger partial charge in [-0.1, -0.05) is 18.2 Å². The van der Waals surface area contributed by atoms with Crippen molar-refractivity contribution in [1.82, 2.24) is 10.2 Å². The van der Waals surface area contributed by atoms with Gasteiger partial charge in [-0.3, -0.25) is 9.89 Å². The Hall–Kier alpha value is -2.69. The molecule has 3 aromatic rings. The van der Waals surface area contributed by atoms with E-state index in [-0.39, 0.29) is 5.78 Å². The van der Waals surface area contributed by atoms with Crippen molar-refractivity contribution < 1.29 is 14.3 Å². The van der Waals surface area contributed by atoms with Crippen molar-refractivity contribution in [2.75, 3.05) is 6.61 Å². The molecular formula is C16H14N2O3. The van der Waals surface area contributed by atoms with Gasteiger partial charge < -0.3 is 4.74 Å². The van der Waals surface area contributed by atoms with Crippen LogP contribution in [0.5, 0.6) is 0 Å². The standard InChI is InChI=1S/C16H14N2O3/c1-3-21-16(20)11-8-12-14-10(11)6-4-5-7-13(14)17-18-15(12)9(2)19/h4-8,17H,3H2,1-2H3. The number of hydrogen-bond acceptors (Lipinski definition) is 4. The Kier molecular flexibility index (Phi) is 3.17. The summed E-state index contributed by atoms with van der Waals surface area (Å²) in [6.45, 7) is 3.52. The Morgan fingerprint density at radius 1 is 1.24 bits per heavy atom. The molecule has 0 saturated carbocycles. The number of ketones is 1. The second-order valence-electron chi connectivity index (χ2n) is 4.74. The number of hydrogen-bond donors (Lipinski definition) is 1. The van der Waals surface area contributed by atoms with Gasteiger partial charge in [-0.2, -0.15) is 5.10 Å². The van der Waals surface area contributed by atoms with E-state index in [0.717, 1.165) is 16.3 Å². The molecule has 0 atom stereocenters. The summed E-state index contributed by atoms with van der Waals surface area (Å²) in [6, 6.07) is 9.10. The molecule has 0 saturated heterocycles. The Bertz CT molecular complexity index is 864. The molecule has 0 aliphatic heterocycles. The molecule has 106 valence electrons. The number of Topliss-reactive ketones (excluding diaryl/α,β-unsaturated/α-hetero) is 1. The van der Waals surface area contributed by atoms with E-state index < -0.39 is 5.97 Å². The predicted octanol–water partition coefficient (Wildman–Crippen LogP) is 3.10. The van der Waals surface area contributed by atoms with Crippen LogP contribution in [0.2, 0.25) is 0 Å². The first kappa shape index (κ1) is 13.3. The maximum Gasteiger partial charge on any atom is 0.338 e. The second kappa shape index (κ2) is 5.01. The first-order valence-electron chi connectivity index (χ1n) is 6.71. The van der Waals surface area contributed by atoms with E-state index in [0.29, 0.717) is 23.3 Å². The van der Waals surface area contributed by atoms with Gasteiger partial charge >= 0.3 is 5.97 Å². The first-order valence-corrected chi connectivity index (χ1v) is 6.71. The number of esters is 1. The van der Waals surface area contributed by atoms with Gasteiger partial charge in [0.15, 0.2) is 5.78 Å². The van der Waals surface area contributed by atoms with E-state index in [1.807, 2.05) is 24.3 Å². The molecule has 5 heteroatoms. The third-order valence-corrected chi connectivity index (χ3v) is 3.40. The second-order valence-corrected chi connectivity index (χ2v) is 4.74. The predicted molar refractivity (Wildman–Crippen MR) is 79.6 cm³/mol. The van der Waals surface area contributed by atoms with Crippen molar-refractivity contribution in [2.45, 2.75) is 13.8 Å². The molecule has 1 aromatic heterocycles. The van der Waals surface area contributed by atoms with Crippen molar-refractivity contribution in [1.29, 1.82) is 0 Å². The lowest BCUT2D eigenvalue weighted by atomic mass is 10.1. The van der Waals surface area contributed by atoms with Crippen LogP contribution in [-0.2, 0) is 4.74 Å². The maximum absolute atomic E-state index is 12.1. The Labute approximate surface area is 120 Å². The highest BCUT2D eigenvalue weighted by Crippen LogP contribution is 2.32. The summed E-state index contributed by atoms with van der Waals surface area (Å²) in [5, 5.41) is 9.23. The quantitative estimate of drug-likeness (QED) is 0.592. The number of ether oxygens (including phenoxy) is 1. The van der Waals surface area contributed by atoms with Crippen LogP contribution < -0.4 is 0 Å². The van der Waals surface area contributed by atoms with Gasteiger partial charge in [0, 0.05) is 17.7 Å². The smallest absolute Gasteiger partial charge is 0.338 e. The highest BCUT2D eigenvalue weighted by atomic mass is 16.5. The SMILES string of the molecule is CCOC(=O)c1cc2c(C(C)=O)n[nH]c3ccccc1c32. The van der Waals surface area contributed by atoms with Crippen molar-refractivity contribution >= 4 is 33.4 Å². The molecule has 0 bridgehead atoms. The summed E-state index contributed by atoms with van der Waals surface area (Å²) in [4.78, 5) is 23.9. The first-order chi connectivity index (χ1) is 10.1. The van der Waals surface area contributed by atoms with Crippen LogP contribution in [0.1, 0.15) is 34.7 Å². The van der Waals surface area contributed by atoms with E-state index in [1.165, 1.54) is 6.92 Å². The average molecular weight is 282 g/mol. The number of nitrogens with one attached hydrogen (secondary N) is 1. The molecule has 0 aliphatic carbocycles. The van der Waals surface area contributed by atoms with Gasteiger partial charge in [0.25, 0.3) is 0 Å². The van der Waals surface area contributed by atoms with Crippen LogP contribution in [0.3, 0.4) is 0 Å². The summed E-state index contributed by atoms with van der Waals surface area (Å²) >= 11 is 0. The summed E-state index contributed by atoms with van der Waals surface area (Å²) in [5.41, 5.74) is 1.55. The maximum atomic E-state index is 12.1. The highest BCUT2D eigenvalue weighted by molar-refractivity contribution is 6.22. The number of nitrogens with zero attached hydrogens (tertiary/aromatic N) is 1. The van der Waals surface area contributed by atoms with Gasteiger partial charge in [-0.15, -0.1) is 0 Å². The van der Waals surface area contributed by atoms with Crippen LogP contribution in [0.25, 0.3) is 21.7 Å². The molecule has 1 N–H and O–H groups in total. The largest absolute Gasteiger partial charge is 0.462 e. The molecule has 2 aromatic carbocycles. The summed E-state index contributed by atoms with van der Waals surface area (Å²) in [7, 11) is 0. The molecule has 0 spiro atoms. The number of carbonyl (C=O) groups is 2. The Morgan fingerprint density at radius 2 is 2.00 bits per heavy atom. The van der Waals surface area contributed by atoms with Crippen molar-refractivity contribution in [3.8, 4) is 0 Å². The van der Waals surface area contributed by atoms with E-state index in [4.69, 9.17) is 4.74 Å². The van der Waals surface area contributed by atoms with Gasteiger partial charge in [-0.05, 0) is 24.4 Å². The Balaban J connectivity index is 2.45. The molecule has 1 heterocycles. The Morgan fingerprint density at radius 3 is 2.71 bits per heavy atom. The fourth-order valence-electron chi connectivity index (χ4n) is 2.53. The van der Waals surface area contributed by atoms with Crippen molar-refractivity contribution in [3.05, 3.63) is 41.6 Å². The van der Waals surface area contributed by atoms with Crippen molar-refractivity contribution in [3.63, 3.8) is 0 Å². The van der Waals surface area contributed by atoms with Gasteiger partial charge in [0.1, 0.15) is 5.69 Å². The van der Waals surface area contributed by atoms with Crippen LogP contribution in [-0.4, -0.2) is 28.6 Å². The molecule has 0 aliphatic rings. The van der Waals surface area contributed by atoms with Crippen molar-refractivity contribution in [2.24, 2.45) is 0 Å². The molecule has 0 fully saturated rings. The van der Waals surface area contributed by atoms with E-state index in [2.05, 4.69) is 10.2 Å². The number of aromatic nitrogens is 2. The van der Waals surface area contributed by atoms with E-state index in [1.54, 1.807) is 13.0 Å². The number of H-pyrrole nitrogens is 1. The zero-order valence-electron chi connectivity index (χ0n) is 11.8. The number of aromatic amines is 1. The monoisotopic (exact) mass is 282 g/mol. The minimum atomic E-state index is -0.393. The zero-order valence-corrected chi connectivity index (χ0v) is 11.8. The normalized spacial score (nSPS) is 11.0. The summed E-state index contributed by atoms with van der Waals surface area (Å²) < 4.78 is 5.10. The topological polar surface area (TPSA) is 72.1 Å². The van der Waals surface area contributed by atoms with E-state index >= 15 is 0 Å². The number of carbonyl (C=O) groups excluding carboxylic acids is 2. The lowest BCUT2D eigenvalue weighted by Crippen LogP contribution is -2.03. The third kappa shape index (κ3) is 2.07. The lowest BCUT2D eigenvalue weighted by molar-refractivity contribution is 0.0529. The minimum absolute atomic E-state index is 0.151. The van der Waals surface area contributed by atoms with E-state index in [9.17, 15) is 9.59 Å². The molecule has 21 heavy (non-hydrogen) atoms. The molecule has 5 nitrogen and oxygen atoms in total. The van der Waals surface area contributed by atoms with Gasteiger partial charge in [0.2, 0.25) is 0 Å². The average Bonchev–Trinajstić information content (AvgIpc) is 2.69. The highest BCUT2D eigenvalue weighted by Gasteiger charge is 2.20. The molecule has 3 rings (SSSR count). The van der Waals surface area contributed by atoms with Gasteiger partial charge in [-0.25, -0.2) is 4.79 Å². The van der Waals surface area contributed by atoms with Crippen LogP contribution in [0.4, 0.5) is 0 Å². The number of rotatable bonds is 3. The molecule has 0 radical (unpaired) electrons. The third-order valence-electron chi connectivity index (χ3n) is 3.40. The van der Waals surface area contributed by atoms with Crippen LogP contribution in [0, 0.1) is 0 Å². The van der Waals surface area contributed by atoms with Gasteiger partial charge in [0.05, 0.1) is 17.7 Å². The molecule has 0 amide bonds. The molecule has 0 unspecified atom stereocenters. The summed E-state index contributed by atoms with van der Waals surface area (Å²) in [5.74, 6) is -0.544. The minimum Gasteiger partial charge on any atom is -0.462 e.